The Morgan fingerprint density at radius 1 is 1.28 bits per heavy atom. The minimum absolute atomic E-state index is 0.0365. The molecule has 0 saturated heterocycles. The van der Waals surface area contributed by atoms with E-state index < -0.39 is 11.9 Å². The van der Waals surface area contributed by atoms with E-state index in [1.54, 1.807) is 22.9 Å². The summed E-state index contributed by atoms with van der Waals surface area (Å²) in [6.07, 6.45) is 1.74. The third-order valence-corrected chi connectivity index (χ3v) is 3.87. The number of nitrogens with one attached hydrogen (secondary N) is 1. The van der Waals surface area contributed by atoms with E-state index in [-0.39, 0.29) is 16.4 Å². The molecule has 1 unspecified atom stereocenters. The SMILES string of the molecule is N=C1Sc2cccn2C1C(=O)c1ccccc1F. The van der Waals surface area contributed by atoms with E-state index in [2.05, 4.69) is 0 Å². The van der Waals surface area contributed by atoms with Crippen LogP contribution in [-0.2, 0) is 0 Å². The normalized spacial score (nSPS) is 17.8. The summed E-state index contributed by atoms with van der Waals surface area (Å²) in [5.41, 5.74) is 0.0365. The van der Waals surface area contributed by atoms with Crippen LogP contribution in [-0.4, -0.2) is 15.4 Å². The van der Waals surface area contributed by atoms with Gasteiger partial charge in [0.15, 0.2) is 5.78 Å². The maximum Gasteiger partial charge on any atom is 0.195 e. The molecule has 1 aromatic heterocycles. The van der Waals surface area contributed by atoms with Gasteiger partial charge in [0.05, 0.1) is 10.6 Å². The van der Waals surface area contributed by atoms with Crippen LogP contribution in [0.5, 0.6) is 0 Å². The van der Waals surface area contributed by atoms with E-state index in [0.29, 0.717) is 0 Å². The van der Waals surface area contributed by atoms with Crippen LogP contribution in [0.2, 0.25) is 0 Å². The van der Waals surface area contributed by atoms with Gasteiger partial charge in [-0.3, -0.25) is 10.2 Å². The van der Waals surface area contributed by atoms with Gasteiger partial charge in [0, 0.05) is 6.20 Å². The summed E-state index contributed by atoms with van der Waals surface area (Å²) >= 11 is 1.24. The van der Waals surface area contributed by atoms with Crippen LogP contribution in [0.25, 0.3) is 0 Å². The monoisotopic (exact) mass is 260 g/mol. The summed E-state index contributed by atoms with van der Waals surface area (Å²) in [5.74, 6) is -0.915. The van der Waals surface area contributed by atoms with E-state index in [1.807, 2.05) is 12.1 Å². The molecule has 1 N–H and O–H groups in total. The number of ketones is 1. The second-order valence-electron chi connectivity index (χ2n) is 3.97. The molecule has 1 aliphatic heterocycles. The van der Waals surface area contributed by atoms with Crippen molar-refractivity contribution in [2.45, 2.75) is 11.1 Å². The first-order chi connectivity index (χ1) is 8.68. The number of rotatable bonds is 2. The molecular weight excluding hydrogens is 251 g/mol. The highest BCUT2D eigenvalue weighted by atomic mass is 32.2. The molecule has 2 aromatic rings. The van der Waals surface area contributed by atoms with Gasteiger partial charge in [-0.15, -0.1) is 0 Å². The van der Waals surface area contributed by atoms with Crippen LogP contribution < -0.4 is 0 Å². The third kappa shape index (κ3) is 1.59. The molecule has 1 aromatic carbocycles. The number of Topliss-reactive ketones (excluding diaryl/α,β-unsaturated/α-hetero) is 1. The van der Waals surface area contributed by atoms with Crippen molar-refractivity contribution in [3.8, 4) is 0 Å². The Labute approximate surface area is 107 Å². The first-order valence-corrected chi connectivity index (χ1v) is 6.22. The standard InChI is InChI=1S/C13H9FN2OS/c14-9-5-2-1-4-8(9)12(17)11-13(15)18-10-6-3-7-16(10)11/h1-7,11,15H. The van der Waals surface area contributed by atoms with Crippen LogP contribution in [0, 0.1) is 11.2 Å². The van der Waals surface area contributed by atoms with Crippen LogP contribution in [0.4, 0.5) is 4.39 Å². The van der Waals surface area contributed by atoms with Crippen LogP contribution >= 0.6 is 11.8 Å². The quantitative estimate of drug-likeness (QED) is 0.843. The lowest BCUT2D eigenvalue weighted by atomic mass is 10.0. The lowest BCUT2D eigenvalue weighted by molar-refractivity contribution is 0.0953. The minimum Gasteiger partial charge on any atom is -0.325 e. The van der Waals surface area contributed by atoms with Crippen molar-refractivity contribution in [2.75, 3.05) is 0 Å². The fourth-order valence-corrected chi connectivity index (χ4v) is 3.00. The molecule has 0 amide bonds. The average Bonchev–Trinajstić information content (AvgIpc) is 2.88. The largest absolute Gasteiger partial charge is 0.325 e. The summed E-state index contributed by atoms with van der Waals surface area (Å²) in [4.78, 5) is 12.3. The van der Waals surface area contributed by atoms with Crippen LogP contribution in [0.15, 0.2) is 47.6 Å². The number of fused-ring (bicyclic) bond motifs is 1. The van der Waals surface area contributed by atoms with Gasteiger partial charge in [0.2, 0.25) is 0 Å². The Morgan fingerprint density at radius 2 is 2.06 bits per heavy atom. The molecule has 5 heteroatoms. The molecular formula is C13H9FN2OS. The number of hydrogen-bond donors (Lipinski definition) is 1. The van der Waals surface area contributed by atoms with Crippen LogP contribution in [0.3, 0.4) is 0 Å². The van der Waals surface area contributed by atoms with Gasteiger partial charge < -0.3 is 4.57 Å². The molecule has 0 radical (unpaired) electrons. The van der Waals surface area contributed by atoms with Crippen molar-refractivity contribution in [1.82, 2.24) is 4.57 Å². The number of benzene rings is 1. The summed E-state index contributed by atoms with van der Waals surface area (Å²) in [7, 11) is 0. The van der Waals surface area contributed by atoms with E-state index in [1.165, 1.54) is 23.9 Å². The molecule has 90 valence electrons. The highest BCUT2D eigenvalue weighted by molar-refractivity contribution is 8.14. The number of thioether (sulfide) groups is 1. The molecule has 3 nitrogen and oxygen atoms in total. The molecule has 0 spiro atoms. The fourth-order valence-electron chi connectivity index (χ4n) is 2.03. The summed E-state index contributed by atoms with van der Waals surface area (Å²) in [6, 6.07) is 8.81. The van der Waals surface area contributed by atoms with Crippen molar-refractivity contribution in [2.24, 2.45) is 0 Å². The molecule has 1 atom stereocenters. The van der Waals surface area contributed by atoms with E-state index in [0.717, 1.165) is 5.03 Å². The zero-order chi connectivity index (χ0) is 12.7. The number of halogens is 1. The highest BCUT2D eigenvalue weighted by Gasteiger charge is 2.34. The molecule has 3 rings (SSSR count). The van der Waals surface area contributed by atoms with Crippen molar-refractivity contribution in [3.05, 3.63) is 54.0 Å². The predicted molar refractivity (Wildman–Crippen MR) is 67.8 cm³/mol. The van der Waals surface area contributed by atoms with E-state index in [9.17, 15) is 9.18 Å². The maximum absolute atomic E-state index is 13.6. The molecule has 0 fully saturated rings. The van der Waals surface area contributed by atoms with Gasteiger partial charge in [-0.2, -0.15) is 0 Å². The lowest BCUT2D eigenvalue weighted by Gasteiger charge is -2.12. The maximum atomic E-state index is 13.6. The zero-order valence-electron chi connectivity index (χ0n) is 9.26. The predicted octanol–water partition coefficient (Wildman–Crippen LogP) is 3.13. The molecule has 0 bridgehead atoms. The minimum atomic E-state index is -0.725. The van der Waals surface area contributed by atoms with E-state index >= 15 is 0 Å². The van der Waals surface area contributed by atoms with Crippen molar-refractivity contribution in [3.63, 3.8) is 0 Å². The Morgan fingerprint density at radius 3 is 2.83 bits per heavy atom. The second-order valence-corrected chi connectivity index (χ2v) is 5.03. The molecule has 18 heavy (non-hydrogen) atoms. The topological polar surface area (TPSA) is 45.9 Å². The van der Waals surface area contributed by atoms with Gasteiger partial charge in [0.1, 0.15) is 16.9 Å². The van der Waals surface area contributed by atoms with Crippen LogP contribution in [0.1, 0.15) is 16.4 Å². The number of aromatic nitrogens is 1. The number of nitrogens with zero attached hydrogens (tertiary/aromatic N) is 1. The third-order valence-electron chi connectivity index (χ3n) is 2.87. The molecule has 0 aliphatic carbocycles. The molecule has 0 saturated carbocycles. The zero-order valence-corrected chi connectivity index (χ0v) is 10.1. The number of carbonyl (C=O) groups excluding carboxylic acids is 1. The molecule has 2 heterocycles. The van der Waals surface area contributed by atoms with Gasteiger partial charge in [0.25, 0.3) is 0 Å². The first-order valence-electron chi connectivity index (χ1n) is 5.40. The summed E-state index contributed by atoms with van der Waals surface area (Å²) in [6.45, 7) is 0. The Hall–Kier alpha value is -1.88. The molecule has 1 aliphatic rings. The number of carbonyl (C=O) groups is 1. The first kappa shape index (κ1) is 11.2. The van der Waals surface area contributed by atoms with Gasteiger partial charge in [-0.1, -0.05) is 23.9 Å². The van der Waals surface area contributed by atoms with Crippen molar-refractivity contribution in [1.29, 1.82) is 5.41 Å². The summed E-state index contributed by atoms with van der Waals surface area (Å²) < 4.78 is 15.3. The number of hydrogen-bond acceptors (Lipinski definition) is 3. The lowest BCUT2D eigenvalue weighted by Crippen LogP contribution is -2.21. The summed E-state index contributed by atoms with van der Waals surface area (Å²) in [5, 5.41) is 8.93. The Bertz CT molecular complexity index is 650. The smallest absolute Gasteiger partial charge is 0.195 e. The average molecular weight is 260 g/mol. The Balaban J connectivity index is 2.04. The van der Waals surface area contributed by atoms with Crippen molar-refractivity contribution < 1.29 is 9.18 Å². The Kier molecular flexibility index (Phi) is 2.56. The van der Waals surface area contributed by atoms with Gasteiger partial charge in [-0.25, -0.2) is 4.39 Å². The van der Waals surface area contributed by atoms with E-state index in [4.69, 9.17) is 5.41 Å². The van der Waals surface area contributed by atoms with Crippen molar-refractivity contribution >= 4 is 22.6 Å². The van der Waals surface area contributed by atoms with Gasteiger partial charge >= 0.3 is 0 Å². The fraction of sp³-hybridized carbons (Fsp3) is 0.0769. The van der Waals surface area contributed by atoms with Gasteiger partial charge in [-0.05, 0) is 24.3 Å². The second kappa shape index (κ2) is 4.10. The highest BCUT2D eigenvalue weighted by Crippen LogP contribution is 2.37.